The van der Waals surface area contributed by atoms with Crippen molar-refractivity contribution in [2.24, 2.45) is 0 Å². The molecular formula is C18H29N3O3. The first-order valence-corrected chi connectivity index (χ1v) is 8.55. The van der Waals surface area contributed by atoms with E-state index in [4.69, 9.17) is 9.47 Å². The second kappa shape index (κ2) is 9.61. The van der Waals surface area contributed by atoms with Crippen molar-refractivity contribution in [3.8, 4) is 0 Å². The number of hydrogen-bond acceptors (Lipinski definition) is 5. The minimum Gasteiger partial charge on any atom is -0.379 e. The van der Waals surface area contributed by atoms with E-state index in [-0.39, 0.29) is 18.6 Å². The van der Waals surface area contributed by atoms with Crippen LogP contribution in [0, 0.1) is 0 Å². The third-order valence-corrected chi connectivity index (χ3v) is 4.21. The molecule has 0 radical (unpaired) electrons. The third kappa shape index (κ3) is 5.47. The van der Waals surface area contributed by atoms with E-state index >= 15 is 0 Å². The standard InChI is InChI=1S/C18H29N3O3/c1-4-23-14-18(22)19-13-17(21-9-11-24-12-10-21)15-5-7-16(8-6-15)20(2)3/h5-8,17H,4,9-14H2,1-3H3,(H,19,22)/t17-/m0/s1. The first-order valence-electron chi connectivity index (χ1n) is 8.55. The summed E-state index contributed by atoms with van der Waals surface area (Å²) in [6, 6.07) is 8.67. The van der Waals surface area contributed by atoms with Gasteiger partial charge in [0.15, 0.2) is 0 Å². The number of carbonyl (C=O) groups is 1. The molecule has 0 bridgehead atoms. The van der Waals surface area contributed by atoms with Gasteiger partial charge in [0, 0.05) is 46.0 Å². The summed E-state index contributed by atoms with van der Waals surface area (Å²) in [6.07, 6.45) is 0. The molecule has 0 unspecified atom stereocenters. The number of nitrogens with zero attached hydrogens (tertiary/aromatic N) is 2. The van der Waals surface area contributed by atoms with Gasteiger partial charge in [-0.2, -0.15) is 0 Å². The van der Waals surface area contributed by atoms with Gasteiger partial charge in [0.25, 0.3) is 0 Å². The maximum Gasteiger partial charge on any atom is 0.246 e. The van der Waals surface area contributed by atoms with Crippen molar-refractivity contribution < 1.29 is 14.3 Å². The van der Waals surface area contributed by atoms with Crippen LogP contribution in [-0.4, -0.2) is 71.0 Å². The summed E-state index contributed by atoms with van der Waals surface area (Å²) in [5, 5.41) is 2.99. The molecule has 1 amide bonds. The van der Waals surface area contributed by atoms with Crippen molar-refractivity contribution in [2.45, 2.75) is 13.0 Å². The van der Waals surface area contributed by atoms with Gasteiger partial charge in [-0.25, -0.2) is 0 Å². The lowest BCUT2D eigenvalue weighted by molar-refractivity contribution is -0.125. The van der Waals surface area contributed by atoms with Gasteiger partial charge in [-0.15, -0.1) is 0 Å². The van der Waals surface area contributed by atoms with Crippen LogP contribution in [0.5, 0.6) is 0 Å². The van der Waals surface area contributed by atoms with Crippen LogP contribution in [0.25, 0.3) is 0 Å². The molecule has 1 aliphatic heterocycles. The van der Waals surface area contributed by atoms with Crippen LogP contribution in [-0.2, 0) is 14.3 Å². The van der Waals surface area contributed by atoms with Crippen molar-refractivity contribution in [1.29, 1.82) is 0 Å². The second-order valence-corrected chi connectivity index (χ2v) is 6.09. The van der Waals surface area contributed by atoms with E-state index in [9.17, 15) is 4.79 Å². The molecule has 0 aliphatic carbocycles. The van der Waals surface area contributed by atoms with Gasteiger partial charge in [-0.1, -0.05) is 12.1 Å². The van der Waals surface area contributed by atoms with Crippen LogP contribution in [0.15, 0.2) is 24.3 Å². The monoisotopic (exact) mass is 335 g/mol. The molecule has 1 aromatic carbocycles. The van der Waals surface area contributed by atoms with Gasteiger partial charge in [-0.3, -0.25) is 9.69 Å². The second-order valence-electron chi connectivity index (χ2n) is 6.09. The average Bonchev–Trinajstić information content (AvgIpc) is 2.61. The highest BCUT2D eigenvalue weighted by molar-refractivity contribution is 5.77. The van der Waals surface area contributed by atoms with E-state index < -0.39 is 0 Å². The number of anilines is 1. The van der Waals surface area contributed by atoms with Crippen LogP contribution < -0.4 is 10.2 Å². The summed E-state index contributed by atoms with van der Waals surface area (Å²) < 4.78 is 10.6. The molecule has 24 heavy (non-hydrogen) atoms. The number of amides is 1. The Balaban J connectivity index is 2.05. The summed E-state index contributed by atoms with van der Waals surface area (Å²) in [5.41, 5.74) is 2.37. The van der Waals surface area contributed by atoms with E-state index in [0.29, 0.717) is 13.2 Å². The molecule has 1 aromatic rings. The van der Waals surface area contributed by atoms with Gasteiger partial charge in [0.2, 0.25) is 5.91 Å². The molecule has 1 atom stereocenters. The first kappa shape index (κ1) is 18.7. The van der Waals surface area contributed by atoms with Crippen LogP contribution in [0.2, 0.25) is 0 Å². The Kier molecular flexibility index (Phi) is 7.49. The number of benzene rings is 1. The zero-order valence-corrected chi connectivity index (χ0v) is 15.0. The normalized spacial score (nSPS) is 16.6. The summed E-state index contributed by atoms with van der Waals surface area (Å²) in [5.74, 6) is -0.0694. The first-order chi connectivity index (χ1) is 11.6. The predicted molar refractivity (Wildman–Crippen MR) is 95.4 cm³/mol. The highest BCUT2D eigenvalue weighted by Crippen LogP contribution is 2.23. The Labute approximate surface area is 144 Å². The van der Waals surface area contributed by atoms with Crippen molar-refractivity contribution in [1.82, 2.24) is 10.2 Å². The number of nitrogens with one attached hydrogen (secondary N) is 1. The number of rotatable bonds is 8. The topological polar surface area (TPSA) is 54.0 Å². The van der Waals surface area contributed by atoms with Gasteiger partial charge < -0.3 is 19.7 Å². The lowest BCUT2D eigenvalue weighted by Gasteiger charge is -2.35. The van der Waals surface area contributed by atoms with Crippen molar-refractivity contribution in [3.63, 3.8) is 0 Å². The molecule has 134 valence electrons. The highest BCUT2D eigenvalue weighted by Gasteiger charge is 2.23. The Hall–Kier alpha value is -1.63. The molecule has 1 heterocycles. The van der Waals surface area contributed by atoms with Gasteiger partial charge in [-0.05, 0) is 24.6 Å². The predicted octanol–water partition coefficient (Wildman–Crippen LogP) is 1.28. The molecule has 1 fully saturated rings. The Bertz CT molecular complexity index is 499. The van der Waals surface area contributed by atoms with Crippen LogP contribution in [0.4, 0.5) is 5.69 Å². The molecule has 1 aliphatic rings. The molecule has 2 rings (SSSR count). The maximum absolute atomic E-state index is 11.9. The molecule has 6 heteroatoms. The van der Waals surface area contributed by atoms with E-state index in [1.807, 2.05) is 21.0 Å². The summed E-state index contributed by atoms with van der Waals surface area (Å²) in [7, 11) is 4.06. The van der Waals surface area contributed by atoms with E-state index in [2.05, 4.69) is 39.4 Å². The number of morpholine rings is 1. The third-order valence-electron chi connectivity index (χ3n) is 4.21. The van der Waals surface area contributed by atoms with Gasteiger partial charge >= 0.3 is 0 Å². The highest BCUT2D eigenvalue weighted by atomic mass is 16.5. The van der Waals surface area contributed by atoms with E-state index in [0.717, 1.165) is 26.3 Å². The minimum absolute atomic E-state index is 0.0694. The van der Waals surface area contributed by atoms with Crippen LogP contribution in [0.3, 0.4) is 0 Å². The molecule has 1 N–H and O–H groups in total. The molecular weight excluding hydrogens is 306 g/mol. The largest absolute Gasteiger partial charge is 0.379 e. The fourth-order valence-electron chi connectivity index (χ4n) is 2.80. The van der Waals surface area contributed by atoms with Crippen molar-refractivity contribution in [3.05, 3.63) is 29.8 Å². The lowest BCUT2D eigenvalue weighted by atomic mass is 10.0. The molecule has 6 nitrogen and oxygen atoms in total. The smallest absolute Gasteiger partial charge is 0.246 e. The molecule has 0 saturated carbocycles. The van der Waals surface area contributed by atoms with Crippen LogP contribution >= 0.6 is 0 Å². The number of hydrogen-bond donors (Lipinski definition) is 1. The Morgan fingerprint density at radius 3 is 2.54 bits per heavy atom. The zero-order chi connectivity index (χ0) is 17.4. The SMILES string of the molecule is CCOCC(=O)NC[C@@H](c1ccc(N(C)C)cc1)N1CCOCC1. The minimum atomic E-state index is -0.0694. The van der Waals surface area contributed by atoms with Crippen molar-refractivity contribution in [2.75, 3.05) is 65.1 Å². The van der Waals surface area contributed by atoms with Gasteiger partial charge in [0.1, 0.15) is 6.61 Å². The number of carbonyl (C=O) groups excluding carboxylic acids is 1. The van der Waals surface area contributed by atoms with Crippen molar-refractivity contribution >= 4 is 11.6 Å². The van der Waals surface area contributed by atoms with Crippen LogP contribution in [0.1, 0.15) is 18.5 Å². The summed E-state index contributed by atoms with van der Waals surface area (Å²) in [4.78, 5) is 16.3. The zero-order valence-electron chi connectivity index (χ0n) is 15.0. The quantitative estimate of drug-likeness (QED) is 0.776. The van der Waals surface area contributed by atoms with E-state index in [1.165, 1.54) is 11.3 Å². The summed E-state index contributed by atoms with van der Waals surface area (Å²) in [6.45, 7) is 6.35. The maximum atomic E-state index is 11.9. The lowest BCUT2D eigenvalue weighted by Crippen LogP contribution is -2.44. The fraction of sp³-hybridized carbons (Fsp3) is 0.611. The Morgan fingerprint density at radius 2 is 1.96 bits per heavy atom. The average molecular weight is 335 g/mol. The van der Waals surface area contributed by atoms with Gasteiger partial charge in [0.05, 0.1) is 19.3 Å². The number of ether oxygens (including phenoxy) is 2. The summed E-state index contributed by atoms with van der Waals surface area (Å²) >= 11 is 0. The molecule has 0 spiro atoms. The van der Waals surface area contributed by atoms with E-state index in [1.54, 1.807) is 0 Å². The molecule has 1 saturated heterocycles. The molecule has 0 aromatic heterocycles. The Morgan fingerprint density at radius 1 is 1.29 bits per heavy atom. The fourth-order valence-corrected chi connectivity index (χ4v) is 2.80.